The van der Waals surface area contributed by atoms with Gasteiger partial charge in [0.05, 0.1) is 24.0 Å². The van der Waals surface area contributed by atoms with Gasteiger partial charge in [-0.1, -0.05) is 46.6 Å². The van der Waals surface area contributed by atoms with Gasteiger partial charge in [0.2, 0.25) is 5.91 Å². The molecule has 0 fully saturated rings. The Bertz CT molecular complexity index is 1100. The van der Waals surface area contributed by atoms with E-state index >= 15 is 0 Å². The SMILES string of the molecule is CC(=O)C(NC(=O)c1ccc2ncccc2c1)C(C)C.CCCCC(C)C(=O)N[C@@H](CC(=O)O)C(C)=O. The molecule has 2 unspecified atom stereocenters. The van der Waals surface area contributed by atoms with E-state index in [1.54, 1.807) is 25.3 Å². The van der Waals surface area contributed by atoms with Crippen LogP contribution in [0.25, 0.3) is 10.9 Å². The molecule has 0 saturated carbocycles. The summed E-state index contributed by atoms with van der Waals surface area (Å²) in [6.07, 6.45) is 4.05. The molecule has 37 heavy (non-hydrogen) atoms. The molecule has 9 heteroatoms. The highest BCUT2D eigenvalue weighted by Crippen LogP contribution is 2.14. The van der Waals surface area contributed by atoms with Crippen molar-refractivity contribution in [1.82, 2.24) is 15.6 Å². The number of nitrogens with zero attached hydrogens (tertiary/aromatic N) is 1. The summed E-state index contributed by atoms with van der Waals surface area (Å²) in [6, 6.07) is 7.69. The summed E-state index contributed by atoms with van der Waals surface area (Å²) in [6.45, 7) is 10.4. The molecule has 0 radical (unpaired) electrons. The Hall–Kier alpha value is -3.62. The number of benzene rings is 1. The van der Waals surface area contributed by atoms with Crippen molar-refractivity contribution < 1.29 is 29.1 Å². The fourth-order valence-electron chi connectivity index (χ4n) is 3.61. The number of aromatic nitrogens is 1. The maximum Gasteiger partial charge on any atom is 0.305 e. The smallest absolute Gasteiger partial charge is 0.305 e. The molecule has 2 amide bonds. The van der Waals surface area contributed by atoms with Crippen LogP contribution < -0.4 is 10.6 Å². The molecular formula is C28H39N3O6. The summed E-state index contributed by atoms with van der Waals surface area (Å²) in [4.78, 5) is 61.4. The maximum absolute atomic E-state index is 12.2. The summed E-state index contributed by atoms with van der Waals surface area (Å²) in [5.74, 6) is -2.06. The molecule has 2 aromatic rings. The summed E-state index contributed by atoms with van der Waals surface area (Å²) in [7, 11) is 0. The number of rotatable bonds is 12. The molecule has 2 rings (SSSR count). The fourth-order valence-corrected chi connectivity index (χ4v) is 3.61. The molecule has 1 aromatic carbocycles. The van der Waals surface area contributed by atoms with Gasteiger partial charge in [-0.3, -0.25) is 29.0 Å². The van der Waals surface area contributed by atoms with Gasteiger partial charge in [-0.15, -0.1) is 0 Å². The standard InChI is InChI=1S/C16H18N2O2.C12H21NO4/c1-10(2)15(11(3)19)18-16(20)13-6-7-14-12(9-13)5-4-8-17-14;1-4-5-6-8(2)12(17)13-10(9(3)14)7-11(15)16/h4-10,15H,1-3H3,(H,18,20);8,10H,4-7H2,1-3H3,(H,13,17)(H,15,16)/t;8?,10-/m.0/s1. The van der Waals surface area contributed by atoms with E-state index in [-0.39, 0.29) is 41.6 Å². The van der Waals surface area contributed by atoms with Gasteiger partial charge in [-0.05, 0) is 50.5 Å². The second-order valence-electron chi connectivity index (χ2n) is 9.53. The lowest BCUT2D eigenvalue weighted by atomic mass is 10.00. The molecule has 0 aliphatic rings. The van der Waals surface area contributed by atoms with Gasteiger partial charge in [0.1, 0.15) is 0 Å². The summed E-state index contributed by atoms with van der Waals surface area (Å²) in [5, 5.41) is 14.8. The molecule has 202 valence electrons. The maximum atomic E-state index is 12.2. The van der Waals surface area contributed by atoms with Crippen LogP contribution >= 0.6 is 0 Å². The van der Waals surface area contributed by atoms with Gasteiger partial charge in [0.15, 0.2) is 11.6 Å². The molecule has 0 saturated heterocycles. The highest BCUT2D eigenvalue weighted by molar-refractivity contribution is 6.00. The van der Waals surface area contributed by atoms with Crippen molar-refractivity contribution in [3.63, 3.8) is 0 Å². The highest BCUT2D eigenvalue weighted by atomic mass is 16.4. The first-order valence-electron chi connectivity index (χ1n) is 12.6. The largest absolute Gasteiger partial charge is 0.481 e. The minimum atomic E-state index is -1.09. The van der Waals surface area contributed by atoms with Gasteiger partial charge in [0.25, 0.3) is 5.91 Å². The number of aliphatic carboxylic acids is 1. The molecule has 0 aliphatic carbocycles. The Morgan fingerprint density at radius 1 is 0.973 bits per heavy atom. The van der Waals surface area contributed by atoms with E-state index in [2.05, 4.69) is 15.6 Å². The van der Waals surface area contributed by atoms with E-state index in [9.17, 15) is 24.0 Å². The van der Waals surface area contributed by atoms with E-state index in [4.69, 9.17) is 5.11 Å². The van der Waals surface area contributed by atoms with Crippen LogP contribution in [0.15, 0.2) is 36.5 Å². The lowest BCUT2D eigenvalue weighted by Gasteiger charge is -2.19. The van der Waals surface area contributed by atoms with E-state index in [1.807, 2.05) is 39.0 Å². The molecule has 3 atom stereocenters. The van der Waals surface area contributed by atoms with E-state index < -0.39 is 18.1 Å². The lowest BCUT2D eigenvalue weighted by Crippen LogP contribution is -2.43. The zero-order valence-corrected chi connectivity index (χ0v) is 22.5. The van der Waals surface area contributed by atoms with Crippen LogP contribution in [-0.2, 0) is 19.2 Å². The number of carbonyl (C=O) groups excluding carboxylic acids is 4. The third-order valence-electron chi connectivity index (χ3n) is 5.88. The number of unbranched alkanes of at least 4 members (excludes halogenated alkanes) is 1. The predicted molar refractivity (Wildman–Crippen MR) is 142 cm³/mol. The lowest BCUT2D eigenvalue weighted by molar-refractivity contribution is -0.140. The number of ketones is 2. The molecular weight excluding hydrogens is 474 g/mol. The van der Waals surface area contributed by atoms with Crippen LogP contribution in [0.5, 0.6) is 0 Å². The molecule has 0 bridgehead atoms. The number of carbonyl (C=O) groups is 5. The van der Waals surface area contributed by atoms with Crippen molar-refractivity contribution in [2.45, 2.75) is 79.3 Å². The number of hydrogen-bond donors (Lipinski definition) is 3. The monoisotopic (exact) mass is 513 g/mol. The molecule has 3 N–H and O–H groups in total. The van der Waals surface area contributed by atoms with Crippen LogP contribution in [0.3, 0.4) is 0 Å². The minimum Gasteiger partial charge on any atom is -0.481 e. The average Bonchev–Trinajstić information content (AvgIpc) is 2.84. The third kappa shape index (κ3) is 10.9. The fraction of sp³-hybridized carbons (Fsp3) is 0.500. The number of hydrogen-bond acceptors (Lipinski definition) is 6. The predicted octanol–water partition coefficient (Wildman–Crippen LogP) is 3.94. The second-order valence-corrected chi connectivity index (χ2v) is 9.53. The molecule has 1 heterocycles. The number of pyridine rings is 1. The van der Waals surface area contributed by atoms with Gasteiger partial charge in [-0.2, -0.15) is 0 Å². The first-order chi connectivity index (χ1) is 17.4. The number of nitrogens with one attached hydrogen (secondary N) is 2. The molecule has 0 aliphatic heterocycles. The quantitative estimate of drug-likeness (QED) is 0.390. The topological polar surface area (TPSA) is 143 Å². The Morgan fingerprint density at radius 3 is 2.19 bits per heavy atom. The number of carboxylic acids is 1. The van der Waals surface area contributed by atoms with Gasteiger partial charge >= 0.3 is 5.97 Å². The first-order valence-corrected chi connectivity index (χ1v) is 12.6. The number of carboxylic acid groups (broad SMARTS) is 1. The number of fused-ring (bicyclic) bond motifs is 1. The molecule has 1 aromatic heterocycles. The zero-order valence-electron chi connectivity index (χ0n) is 22.5. The van der Waals surface area contributed by atoms with Crippen molar-refractivity contribution in [3.05, 3.63) is 42.1 Å². The normalized spacial score (nSPS) is 13.1. The summed E-state index contributed by atoms with van der Waals surface area (Å²) in [5.41, 5.74) is 1.38. The Balaban J connectivity index is 0.000000377. The number of amides is 2. The summed E-state index contributed by atoms with van der Waals surface area (Å²) >= 11 is 0. The van der Waals surface area contributed by atoms with Crippen molar-refractivity contribution in [3.8, 4) is 0 Å². The van der Waals surface area contributed by atoms with Crippen LogP contribution in [0, 0.1) is 11.8 Å². The van der Waals surface area contributed by atoms with Crippen LogP contribution in [0.4, 0.5) is 0 Å². The number of Topliss-reactive ketones (excluding diaryl/α,β-unsaturated/α-hetero) is 2. The van der Waals surface area contributed by atoms with E-state index in [0.717, 1.165) is 30.2 Å². The van der Waals surface area contributed by atoms with Gasteiger partial charge < -0.3 is 15.7 Å². The van der Waals surface area contributed by atoms with Crippen LogP contribution in [-0.4, -0.2) is 51.5 Å². The van der Waals surface area contributed by atoms with E-state index in [0.29, 0.717) is 5.56 Å². The van der Waals surface area contributed by atoms with Gasteiger partial charge in [-0.25, -0.2) is 0 Å². The van der Waals surface area contributed by atoms with Crippen molar-refractivity contribution >= 4 is 40.3 Å². The van der Waals surface area contributed by atoms with Crippen LogP contribution in [0.1, 0.15) is 77.6 Å². The Kier molecular flexibility index (Phi) is 13.1. The van der Waals surface area contributed by atoms with Crippen molar-refractivity contribution in [2.24, 2.45) is 11.8 Å². The second kappa shape index (κ2) is 15.5. The molecule has 9 nitrogen and oxygen atoms in total. The third-order valence-corrected chi connectivity index (χ3v) is 5.88. The van der Waals surface area contributed by atoms with Crippen molar-refractivity contribution in [1.29, 1.82) is 0 Å². The minimum absolute atomic E-state index is 0.0317. The Labute approximate surface area is 218 Å². The van der Waals surface area contributed by atoms with Crippen molar-refractivity contribution in [2.75, 3.05) is 0 Å². The van der Waals surface area contributed by atoms with E-state index in [1.165, 1.54) is 13.8 Å². The average molecular weight is 514 g/mol. The Morgan fingerprint density at radius 2 is 1.65 bits per heavy atom. The van der Waals surface area contributed by atoms with Crippen LogP contribution in [0.2, 0.25) is 0 Å². The molecule has 0 spiro atoms. The first kappa shape index (κ1) is 31.4. The zero-order chi connectivity index (χ0) is 28.1. The van der Waals surface area contributed by atoms with Gasteiger partial charge in [0, 0.05) is 23.1 Å². The highest BCUT2D eigenvalue weighted by Gasteiger charge is 2.23. The summed E-state index contributed by atoms with van der Waals surface area (Å²) < 4.78 is 0.